The highest BCUT2D eigenvalue weighted by Crippen LogP contribution is 2.31. The van der Waals surface area contributed by atoms with Gasteiger partial charge in [0.05, 0.1) is 0 Å². The fourth-order valence-corrected chi connectivity index (χ4v) is 2.25. The molecule has 2 rings (SSSR count). The van der Waals surface area contributed by atoms with E-state index in [1.807, 2.05) is 18.7 Å². The SMILES string of the molecule is CC(C)N(CC1CC1)C(=O)c1cc(N)cc(Cl)c1. The lowest BCUT2D eigenvalue weighted by atomic mass is 10.1. The number of amides is 1. The molecule has 1 aromatic carbocycles. The van der Waals surface area contributed by atoms with Crippen molar-refractivity contribution in [3.63, 3.8) is 0 Å². The van der Waals surface area contributed by atoms with Crippen molar-refractivity contribution in [3.05, 3.63) is 28.8 Å². The number of nitrogen functional groups attached to an aromatic ring is 1. The van der Waals surface area contributed by atoms with Crippen molar-refractivity contribution < 1.29 is 4.79 Å². The summed E-state index contributed by atoms with van der Waals surface area (Å²) in [4.78, 5) is 14.4. The molecule has 1 aliphatic carbocycles. The monoisotopic (exact) mass is 266 g/mol. The van der Waals surface area contributed by atoms with E-state index in [9.17, 15) is 4.79 Å². The van der Waals surface area contributed by atoms with E-state index >= 15 is 0 Å². The predicted octanol–water partition coefficient (Wildman–Crippen LogP) is 3.18. The van der Waals surface area contributed by atoms with Crippen molar-refractivity contribution in [2.24, 2.45) is 5.92 Å². The van der Waals surface area contributed by atoms with Gasteiger partial charge in [0.15, 0.2) is 0 Å². The molecule has 1 aliphatic rings. The zero-order chi connectivity index (χ0) is 13.3. The molecule has 0 unspecified atom stereocenters. The van der Waals surface area contributed by atoms with Crippen LogP contribution in [0.5, 0.6) is 0 Å². The average Bonchev–Trinajstić information content (AvgIpc) is 3.07. The molecule has 98 valence electrons. The molecule has 18 heavy (non-hydrogen) atoms. The number of carbonyl (C=O) groups excluding carboxylic acids is 1. The molecule has 0 spiro atoms. The Kier molecular flexibility index (Phi) is 3.81. The summed E-state index contributed by atoms with van der Waals surface area (Å²) >= 11 is 5.95. The summed E-state index contributed by atoms with van der Waals surface area (Å²) in [7, 11) is 0. The smallest absolute Gasteiger partial charge is 0.254 e. The van der Waals surface area contributed by atoms with Crippen molar-refractivity contribution in [1.82, 2.24) is 4.90 Å². The molecule has 0 aromatic heterocycles. The molecule has 1 aromatic rings. The van der Waals surface area contributed by atoms with Crippen LogP contribution in [-0.4, -0.2) is 23.4 Å². The van der Waals surface area contributed by atoms with Crippen LogP contribution in [0.25, 0.3) is 0 Å². The second-order valence-corrected chi connectivity index (χ2v) is 5.70. The summed E-state index contributed by atoms with van der Waals surface area (Å²) in [5.74, 6) is 0.694. The van der Waals surface area contributed by atoms with E-state index in [-0.39, 0.29) is 11.9 Å². The van der Waals surface area contributed by atoms with Crippen molar-refractivity contribution in [2.45, 2.75) is 32.7 Å². The first-order chi connectivity index (χ1) is 8.47. The summed E-state index contributed by atoms with van der Waals surface area (Å²) in [5.41, 5.74) is 6.84. The Bertz CT molecular complexity index is 435. The topological polar surface area (TPSA) is 46.3 Å². The fraction of sp³-hybridized carbons (Fsp3) is 0.500. The van der Waals surface area contributed by atoms with Crippen LogP contribution in [0.4, 0.5) is 5.69 Å². The maximum Gasteiger partial charge on any atom is 0.254 e. The Morgan fingerprint density at radius 1 is 1.44 bits per heavy atom. The molecule has 4 heteroatoms. The van der Waals surface area contributed by atoms with Crippen LogP contribution in [-0.2, 0) is 0 Å². The zero-order valence-corrected chi connectivity index (χ0v) is 11.6. The minimum atomic E-state index is 0.0195. The molecule has 0 bridgehead atoms. The lowest BCUT2D eigenvalue weighted by Gasteiger charge is -2.27. The highest BCUT2D eigenvalue weighted by atomic mass is 35.5. The molecule has 1 amide bonds. The summed E-state index contributed by atoms with van der Waals surface area (Å²) in [6.45, 7) is 4.91. The minimum absolute atomic E-state index is 0.0195. The molecule has 0 atom stereocenters. The lowest BCUT2D eigenvalue weighted by Crippen LogP contribution is -2.38. The van der Waals surface area contributed by atoms with E-state index in [0.29, 0.717) is 22.2 Å². The number of anilines is 1. The Hall–Kier alpha value is -1.22. The van der Waals surface area contributed by atoms with E-state index in [0.717, 1.165) is 6.54 Å². The average molecular weight is 267 g/mol. The number of benzene rings is 1. The number of carbonyl (C=O) groups is 1. The Balaban J connectivity index is 2.20. The van der Waals surface area contributed by atoms with Crippen molar-refractivity contribution in [3.8, 4) is 0 Å². The van der Waals surface area contributed by atoms with E-state index < -0.39 is 0 Å². The zero-order valence-electron chi connectivity index (χ0n) is 10.8. The number of hydrogen-bond acceptors (Lipinski definition) is 2. The van der Waals surface area contributed by atoms with Crippen molar-refractivity contribution in [1.29, 1.82) is 0 Å². The second kappa shape index (κ2) is 5.19. The second-order valence-electron chi connectivity index (χ2n) is 5.27. The van der Waals surface area contributed by atoms with Gasteiger partial charge < -0.3 is 10.6 Å². The number of nitrogens with two attached hydrogens (primary N) is 1. The molecule has 0 radical (unpaired) electrons. The summed E-state index contributed by atoms with van der Waals surface area (Å²) in [5, 5.41) is 0.508. The maximum absolute atomic E-state index is 12.5. The first kappa shape index (κ1) is 13.2. The molecule has 1 saturated carbocycles. The Morgan fingerprint density at radius 3 is 2.61 bits per heavy atom. The van der Waals surface area contributed by atoms with Crippen LogP contribution in [0.2, 0.25) is 5.02 Å². The van der Waals surface area contributed by atoms with Gasteiger partial charge in [0, 0.05) is 28.9 Å². The highest BCUT2D eigenvalue weighted by Gasteiger charge is 2.28. The maximum atomic E-state index is 12.5. The fourth-order valence-electron chi connectivity index (χ4n) is 2.01. The minimum Gasteiger partial charge on any atom is -0.399 e. The molecule has 3 nitrogen and oxygen atoms in total. The third kappa shape index (κ3) is 3.16. The van der Waals surface area contributed by atoms with Crippen LogP contribution in [0.1, 0.15) is 37.0 Å². The van der Waals surface area contributed by atoms with Gasteiger partial charge in [0.25, 0.3) is 5.91 Å². The van der Waals surface area contributed by atoms with Crippen LogP contribution in [0.15, 0.2) is 18.2 Å². The van der Waals surface area contributed by atoms with E-state index in [4.69, 9.17) is 17.3 Å². The molecular formula is C14H19ClN2O. The summed E-state index contributed by atoms with van der Waals surface area (Å²) in [6.07, 6.45) is 2.46. The quantitative estimate of drug-likeness (QED) is 0.851. The number of nitrogens with zero attached hydrogens (tertiary/aromatic N) is 1. The van der Waals surface area contributed by atoms with Gasteiger partial charge in [-0.2, -0.15) is 0 Å². The number of halogens is 1. The number of hydrogen-bond donors (Lipinski definition) is 1. The molecule has 2 N–H and O–H groups in total. The van der Waals surface area contributed by atoms with Crippen molar-refractivity contribution >= 4 is 23.2 Å². The van der Waals surface area contributed by atoms with Gasteiger partial charge in [-0.25, -0.2) is 0 Å². The third-order valence-corrected chi connectivity index (χ3v) is 3.42. The van der Waals surface area contributed by atoms with E-state index in [1.54, 1.807) is 18.2 Å². The van der Waals surface area contributed by atoms with Crippen LogP contribution < -0.4 is 5.73 Å². The highest BCUT2D eigenvalue weighted by molar-refractivity contribution is 6.31. The standard InChI is InChI=1S/C14H19ClN2O/c1-9(2)17(8-10-3-4-10)14(18)11-5-12(15)7-13(16)6-11/h5-7,9-10H,3-4,8,16H2,1-2H3. The predicted molar refractivity (Wildman–Crippen MR) is 74.8 cm³/mol. The Labute approximate surface area is 113 Å². The number of rotatable bonds is 4. The van der Waals surface area contributed by atoms with Crippen LogP contribution >= 0.6 is 11.6 Å². The summed E-state index contributed by atoms with van der Waals surface area (Å²) in [6, 6.07) is 5.22. The van der Waals surface area contributed by atoms with E-state index in [2.05, 4.69) is 0 Å². The lowest BCUT2D eigenvalue weighted by molar-refractivity contribution is 0.0696. The van der Waals surface area contributed by atoms with Gasteiger partial charge in [-0.15, -0.1) is 0 Å². The van der Waals surface area contributed by atoms with Gasteiger partial charge in [0.2, 0.25) is 0 Å². The van der Waals surface area contributed by atoms with Crippen molar-refractivity contribution in [2.75, 3.05) is 12.3 Å². The van der Waals surface area contributed by atoms with Crippen LogP contribution in [0, 0.1) is 5.92 Å². The first-order valence-electron chi connectivity index (χ1n) is 6.34. The van der Waals surface area contributed by atoms with Gasteiger partial charge in [-0.1, -0.05) is 11.6 Å². The molecule has 0 saturated heterocycles. The van der Waals surface area contributed by atoms with Gasteiger partial charge in [-0.05, 0) is 50.8 Å². The first-order valence-corrected chi connectivity index (χ1v) is 6.72. The largest absolute Gasteiger partial charge is 0.399 e. The van der Waals surface area contributed by atoms with Gasteiger partial charge in [-0.3, -0.25) is 4.79 Å². The molecule has 1 fully saturated rings. The molecule has 0 heterocycles. The Morgan fingerprint density at radius 2 is 2.11 bits per heavy atom. The van der Waals surface area contributed by atoms with Gasteiger partial charge >= 0.3 is 0 Å². The summed E-state index contributed by atoms with van der Waals surface area (Å²) < 4.78 is 0. The van der Waals surface area contributed by atoms with Crippen LogP contribution in [0.3, 0.4) is 0 Å². The normalized spacial score (nSPS) is 14.9. The van der Waals surface area contributed by atoms with Gasteiger partial charge in [0.1, 0.15) is 0 Å². The molecular weight excluding hydrogens is 248 g/mol. The third-order valence-electron chi connectivity index (χ3n) is 3.20. The van der Waals surface area contributed by atoms with E-state index in [1.165, 1.54) is 12.8 Å². The molecule has 0 aliphatic heterocycles.